The van der Waals surface area contributed by atoms with Crippen LogP contribution in [0.3, 0.4) is 0 Å². The van der Waals surface area contributed by atoms with Crippen LogP contribution >= 0.6 is 0 Å². The standard InChI is InChI=1S/C8H11F2N3/c9-8(10)13-4-3-7(12-13)5-11-6-1-2-6/h3-4,6,8,11H,1-2,5H2. The van der Waals surface area contributed by atoms with Gasteiger partial charge in [0.1, 0.15) is 0 Å². The van der Waals surface area contributed by atoms with Gasteiger partial charge in [0.15, 0.2) is 0 Å². The van der Waals surface area contributed by atoms with E-state index in [9.17, 15) is 8.78 Å². The van der Waals surface area contributed by atoms with Gasteiger partial charge in [-0.25, -0.2) is 4.68 Å². The summed E-state index contributed by atoms with van der Waals surface area (Å²) in [7, 11) is 0. The van der Waals surface area contributed by atoms with Crippen molar-refractivity contribution >= 4 is 0 Å². The van der Waals surface area contributed by atoms with E-state index in [1.807, 2.05) is 0 Å². The third-order valence-electron chi connectivity index (χ3n) is 2.01. The number of hydrogen-bond donors (Lipinski definition) is 1. The van der Waals surface area contributed by atoms with E-state index in [1.54, 1.807) is 6.07 Å². The molecule has 1 fully saturated rings. The van der Waals surface area contributed by atoms with Crippen LogP contribution in [0.2, 0.25) is 0 Å². The fraction of sp³-hybridized carbons (Fsp3) is 0.625. The van der Waals surface area contributed by atoms with E-state index in [1.165, 1.54) is 19.0 Å². The minimum Gasteiger partial charge on any atom is -0.308 e. The molecule has 0 amide bonds. The summed E-state index contributed by atoms with van der Waals surface area (Å²) in [4.78, 5) is 0. The first-order valence-corrected chi connectivity index (χ1v) is 4.31. The fourth-order valence-corrected chi connectivity index (χ4v) is 1.12. The summed E-state index contributed by atoms with van der Waals surface area (Å²) in [6.07, 6.45) is 3.68. The maximum atomic E-state index is 12.1. The number of rotatable bonds is 4. The Hall–Kier alpha value is -0.970. The molecule has 0 radical (unpaired) electrons. The van der Waals surface area contributed by atoms with Gasteiger partial charge in [0.2, 0.25) is 0 Å². The average Bonchev–Trinajstić information content (AvgIpc) is 2.79. The Kier molecular flexibility index (Phi) is 2.26. The number of nitrogens with one attached hydrogen (secondary N) is 1. The van der Waals surface area contributed by atoms with Crippen LogP contribution in [0.4, 0.5) is 8.78 Å². The van der Waals surface area contributed by atoms with Crippen LogP contribution in [0.25, 0.3) is 0 Å². The lowest BCUT2D eigenvalue weighted by Crippen LogP contribution is -2.15. The number of aromatic nitrogens is 2. The smallest absolute Gasteiger partial charge is 0.308 e. The number of nitrogens with zero attached hydrogens (tertiary/aromatic N) is 2. The average molecular weight is 187 g/mol. The zero-order valence-electron chi connectivity index (χ0n) is 7.08. The van der Waals surface area contributed by atoms with Crippen molar-refractivity contribution < 1.29 is 8.78 Å². The van der Waals surface area contributed by atoms with Gasteiger partial charge in [-0.15, -0.1) is 0 Å². The van der Waals surface area contributed by atoms with Crippen molar-refractivity contribution in [2.45, 2.75) is 32.0 Å². The fourth-order valence-electron chi connectivity index (χ4n) is 1.12. The third-order valence-corrected chi connectivity index (χ3v) is 2.01. The van der Waals surface area contributed by atoms with Gasteiger partial charge in [-0.2, -0.15) is 13.9 Å². The monoisotopic (exact) mass is 187 g/mol. The molecule has 1 N–H and O–H groups in total. The van der Waals surface area contributed by atoms with E-state index in [0.717, 1.165) is 0 Å². The van der Waals surface area contributed by atoms with Gasteiger partial charge in [0.25, 0.3) is 0 Å². The Bertz CT molecular complexity index is 281. The van der Waals surface area contributed by atoms with Gasteiger partial charge in [0.05, 0.1) is 5.69 Å². The number of alkyl halides is 2. The van der Waals surface area contributed by atoms with Crippen molar-refractivity contribution in [1.29, 1.82) is 0 Å². The minimum atomic E-state index is -2.53. The summed E-state index contributed by atoms with van der Waals surface area (Å²) in [6.45, 7) is -1.95. The van der Waals surface area contributed by atoms with Crippen molar-refractivity contribution in [3.63, 3.8) is 0 Å². The number of hydrogen-bond acceptors (Lipinski definition) is 2. The lowest BCUT2D eigenvalue weighted by molar-refractivity contribution is 0.0561. The molecule has 0 saturated heterocycles. The predicted molar refractivity (Wildman–Crippen MR) is 43.3 cm³/mol. The maximum Gasteiger partial charge on any atom is 0.333 e. The summed E-state index contributed by atoms with van der Waals surface area (Å²) in [6, 6.07) is 2.19. The summed E-state index contributed by atoms with van der Waals surface area (Å²) in [5, 5.41) is 6.92. The van der Waals surface area contributed by atoms with Crippen LogP contribution < -0.4 is 5.32 Å². The van der Waals surface area contributed by atoms with Crippen LogP contribution in [0.1, 0.15) is 25.1 Å². The molecule has 72 valence electrons. The third kappa shape index (κ3) is 2.24. The maximum absolute atomic E-state index is 12.1. The molecule has 13 heavy (non-hydrogen) atoms. The molecule has 1 aromatic heterocycles. The van der Waals surface area contributed by atoms with Crippen molar-refractivity contribution in [1.82, 2.24) is 15.1 Å². The lowest BCUT2D eigenvalue weighted by atomic mass is 10.4. The zero-order chi connectivity index (χ0) is 9.26. The Labute approximate surface area is 74.7 Å². The molecule has 1 aromatic rings. The number of halogens is 2. The van der Waals surface area contributed by atoms with E-state index in [2.05, 4.69) is 10.4 Å². The van der Waals surface area contributed by atoms with E-state index < -0.39 is 6.55 Å². The molecule has 0 atom stereocenters. The molecule has 3 nitrogen and oxygen atoms in total. The molecule has 0 spiro atoms. The first-order chi connectivity index (χ1) is 6.25. The van der Waals surface area contributed by atoms with Crippen LogP contribution in [-0.4, -0.2) is 15.8 Å². The van der Waals surface area contributed by atoms with Crippen LogP contribution in [0.5, 0.6) is 0 Å². The highest BCUT2D eigenvalue weighted by molar-refractivity contribution is 4.99. The van der Waals surface area contributed by atoms with Gasteiger partial charge in [0, 0.05) is 18.8 Å². The molecule has 0 aromatic carbocycles. The van der Waals surface area contributed by atoms with Gasteiger partial charge < -0.3 is 5.32 Å². The topological polar surface area (TPSA) is 29.9 Å². The van der Waals surface area contributed by atoms with Crippen molar-refractivity contribution in [3.8, 4) is 0 Å². The second kappa shape index (κ2) is 3.41. The molecule has 2 rings (SSSR count). The Morgan fingerprint density at radius 1 is 1.62 bits per heavy atom. The molecular weight excluding hydrogens is 176 g/mol. The Morgan fingerprint density at radius 2 is 2.38 bits per heavy atom. The summed E-state index contributed by atoms with van der Waals surface area (Å²) in [5.74, 6) is 0. The second-order valence-corrected chi connectivity index (χ2v) is 3.22. The Balaban J connectivity index is 1.88. The molecular formula is C8H11F2N3. The quantitative estimate of drug-likeness (QED) is 0.774. The highest BCUT2D eigenvalue weighted by atomic mass is 19.3. The van der Waals surface area contributed by atoms with Crippen molar-refractivity contribution in [3.05, 3.63) is 18.0 Å². The van der Waals surface area contributed by atoms with Gasteiger partial charge in [-0.1, -0.05) is 0 Å². The van der Waals surface area contributed by atoms with E-state index in [0.29, 0.717) is 23.0 Å². The van der Waals surface area contributed by atoms with Crippen LogP contribution in [0, 0.1) is 0 Å². The highest BCUT2D eigenvalue weighted by Crippen LogP contribution is 2.19. The zero-order valence-corrected chi connectivity index (χ0v) is 7.08. The van der Waals surface area contributed by atoms with Gasteiger partial charge in [-0.3, -0.25) is 0 Å². The van der Waals surface area contributed by atoms with Crippen molar-refractivity contribution in [2.75, 3.05) is 0 Å². The van der Waals surface area contributed by atoms with E-state index in [4.69, 9.17) is 0 Å². The molecule has 5 heteroatoms. The van der Waals surface area contributed by atoms with Gasteiger partial charge >= 0.3 is 6.55 Å². The van der Waals surface area contributed by atoms with Crippen LogP contribution in [0.15, 0.2) is 12.3 Å². The molecule has 1 aliphatic carbocycles. The molecule has 0 bridgehead atoms. The van der Waals surface area contributed by atoms with E-state index >= 15 is 0 Å². The summed E-state index contributed by atoms with van der Waals surface area (Å²) >= 11 is 0. The second-order valence-electron chi connectivity index (χ2n) is 3.22. The highest BCUT2D eigenvalue weighted by Gasteiger charge is 2.20. The molecule has 1 saturated carbocycles. The first kappa shape index (κ1) is 8.62. The largest absolute Gasteiger partial charge is 0.333 e. The minimum absolute atomic E-state index is 0.580. The SMILES string of the molecule is FC(F)n1ccc(CNC2CC2)n1. The first-order valence-electron chi connectivity index (χ1n) is 4.31. The Morgan fingerprint density at radius 3 is 2.92 bits per heavy atom. The molecule has 1 heterocycles. The van der Waals surface area contributed by atoms with Crippen molar-refractivity contribution in [2.24, 2.45) is 0 Å². The summed E-state index contributed by atoms with van der Waals surface area (Å²) in [5.41, 5.74) is 0.673. The van der Waals surface area contributed by atoms with E-state index in [-0.39, 0.29) is 0 Å². The summed E-state index contributed by atoms with van der Waals surface area (Å²) < 4.78 is 24.8. The molecule has 0 aliphatic heterocycles. The normalized spacial score (nSPS) is 16.8. The predicted octanol–water partition coefficient (Wildman–Crippen LogP) is 1.53. The molecule has 1 aliphatic rings. The van der Waals surface area contributed by atoms with Crippen LogP contribution in [-0.2, 0) is 6.54 Å². The van der Waals surface area contributed by atoms with Gasteiger partial charge in [-0.05, 0) is 18.9 Å². The lowest BCUT2D eigenvalue weighted by Gasteiger charge is -1.99. The molecule has 0 unspecified atom stereocenters.